The first-order valence-electron chi connectivity index (χ1n) is 5.71. The number of aromatic nitrogens is 1. The number of rotatable bonds is 7. The summed E-state index contributed by atoms with van der Waals surface area (Å²) in [5.74, 6) is -0.834. The molecule has 5 heteroatoms. The molecule has 0 fully saturated rings. The molecule has 0 saturated heterocycles. The van der Waals surface area contributed by atoms with Crippen molar-refractivity contribution in [1.82, 2.24) is 15.6 Å². The third kappa shape index (κ3) is 3.87. The first-order chi connectivity index (χ1) is 7.97. The number of H-pyrrole nitrogens is 1. The van der Waals surface area contributed by atoms with E-state index in [1.807, 2.05) is 18.5 Å². The minimum atomic E-state index is -0.834. The standard InChI is InChI=1S/C12H21N3O2/c1-12(2,9-4-5-14-6-9)8-15-7-10(13-3)11(16)17/h4-6,10,13-15H,7-8H2,1-3H3,(H,16,17). The fourth-order valence-electron chi connectivity index (χ4n) is 1.69. The molecule has 0 aliphatic heterocycles. The molecule has 17 heavy (non-hydrogen) atoms. The lowest BCUT2D eigenvalue weighted by atomic mass is 9.86. The van der Waals surface area contributed by atoms with E-state index >= 15 is 0 Å². The van der Waals surface area contributed by atoms with Gasteiger partial charge in [-0.15, -0.1) is 0 Å². The first-order valence-corrected chi connectivity index (χ1v) is 5.71. The molecule has 4 N–H and O–H groups in total. The van der Waals surface area contributed by atoms with Crippen molar-refractivity contribution in [2.24, 2.45) is 0 Å². The number of carbonyl (C=O) groups is 1. The van der Waals surface area contributed by atoms with Crippen molar-refractivity contribution in [2.75, 3.05) is 20.1 Å². The quantitative estimate of drug-likeness (QED) is 0.560. The summed E-state index contributed by atoms with van der Waals surface area (Å²) in [5.41, 5.74) is 1.19. The zero-order chi connectivity index (χ0) is 12.9. The molecule has 0 bridgehead atoms. The Bertz CT molecular complexity index is 347. The molecule has 0 aliphatic rings. The van der Waals surface area contributed by atoms with Crippen LogP contribution in [0.2, 0.25) is 0 Å². The van der Waals surface area contributed by atoms with Gasteiger partial charge in [0.05, 0.1) is 0 Å². The summed E-state index contributed by atoms with van der Waals surface area (Å²) in [6.07, 6.45) is 3.86. The Morgan fingerprint density at radius 3 is 2.76 bits per heavy atom. The highest BCUT2D eigenvalue weighted by Crippen LogP contribution is 2.21. The predicted octanol–water partition coefficient (Wildman–Crippen LogP) is 0.555. The Kier molecular flexibility index (Phi) is 4.72. The number of carboxylic acid groups (broad SMARTS) is 1. The molecule has 96 valence electrons. The molecule has 1 aromatic rings. The Morgan fingerprint density at radius 2 is 2.29 bits per heavy atom. The Hall–Kier alpha value is -1.33. The lowest BCUT2D eigenvalue weighted by molar-refractivity contribution is -0.139. The zero-order valence-electron chi connectivity index (χ0n) is 10.6. The average Bonchev–Trinajstić information content (AvgIpc) is 2.77. The third-order valence-electron chi connectivity index (χ3n) is 2.94. The maximum Gasteiger partial charge on any atom is 0.322 e. The number of aliphatic carboxylic acids is 1. The molecular formula is C12H21N3O2. The van der Waals surface area contributed by atoms with Crippen molar-refractivity contribution in [3.05, 3.63) is 24.0 Å². The number of hydrogen-bond donors (Lipinski definition) is 4. The molecule has 1 rings (SSSR count). The van der Waals surface area contributed by atoms with Gasteiger partial charge in [-0.3, -0.25) is 4.79 Å². The Morgan fingerprint density at radius 1 is 1.59 bits per heavy atom. The van der Waals surface area contributed by atoms with Crippen LogP contribution in [-0.2, 0) is 10.2 Å². The van der Waals surface area contributed by atoms with Gasteiger partial charge in [0.1, 0.15) is 6.04 Å². The molecule has 1 unspecified atom stereocenters. The van der Waals surface area contributed by atoms with Crippen molar-refractivity contribution in [2.45, 2.75) is 25.3 Å². The van der Waals surface area contributed by atoms with Gasteiger partial charge in [-0.2, -0.15) is 0 Å². The van der Waals surface area contributed by atoms with Crippen molar-refractivity contribution in [3.63, 3.8) is 0 Å². The largest absolute Gasteiger partial charge is 0.480 e. The van der Waals surface area contributed by atoms with Crippen LogP contribution in [-0.4, -0.2) is 42.2 Å². The third-order valence-corrected chi connectivity index (χ3v) is 2.94. The van der Waals surface area contributed by atoms with Crippen LogP contribution in [0, 0.1) is 0 Å². The second-order valence-corrected chi connectivity index (χ2v) is 4.79. The second kappa shape index (κ2) is 5.84. The van der Waals surface area contributed by atoms with Crippen LogP contribution in [0.1, 0.15) is 19.4 Å². The molecule has 0 saturated carbocycles. The van der Waals surface area contributed by atoms with Gasteiger partial charge in [-0.05, 0) is 18.7 Å². The highest BCUT2D eigenvalue weighted by atomic mass is 16.4. The zero-order valence-corrected chi connectivity index (χ0v) is 10.6. The summed E-state index contributed by atoms with van der Waals surface area (Å²) in [7, 11) is 1.65. The lowest BCUT2D eigenvalue weighted by Gasteiger charge is -2.25. The van der Waals surface area contributed by atoms with Crippen LogP contribution in [0.15, 0.2) is 18.5 Å². The van der Waals surface area contributed by atoms with Crippen molar-refractivity contribution >= 4 is 5.97 Å². The maximum atomic E-state index is 10.8. The highest BCUT2D eigenvalue weighted by molar-refractivity contribution is 5.73. The van der Waals surface area contributed by atoms with Crippen molar-refractivity contribution in [3.8, 4) is 0 Å². The summed E-state index contributed by atoms with van der Waals surface area (Å²) in [5, 5.41) is 14.8. The second-order valence-electron chi connectivity index (χ2n) is 4.79. The van der Waals surface area contributed by atoms with E-state index in [2.05, 4.69) is 29.5 Å². The SMILES string of the molecule is CNC(CNCC(C)(C)c1cc[nH]c1)C(=O)O. The van der Waals surface area contributed by atoms with Crippen LogP contribution in [0.5, 0.6) is 0 Å². The van der Waals surface area contributed by atoms with Crippen LogP contribution in [0.4, 0.5) is 0 Å². The van der Waals surface area contributed by atoms with Gasteiger partial charge < -0.3 is 20.7 Å². The topological polar surface area (TPSA) is 77.1 Å². The molecule has 1 atom stereocenters. The van der Waals surface area contributed by atoms with Gasteiger partial charge >= 0.3 is 5.97 Å². The van der Waals surface area contributed by atoms with Gasteiger partial charge in [0.2, 0.25) is 0 Å². The fourth-order valence-corrected chi connectivity index (χ4v) is 1.69. The van der Waals surface area contributed by atoms with Crippen LogP contribution in [0.25, 0.3) is 0 Å². The van der Waals surface area contributed by atoms with Gasteiger partial charge in [0.25, 0.3) is 0 Å². The highest BCUT2D eigenvalue weighted by Gasteiger charge is 2.22. The minimum Gasteiger partial charge on any atom is -0.480 e. The van der Waals surface area contributed by atoms with Crippen molar-refractivity contribution in [1.29, 1.82) is 0 Å². The number of aromatic amines is 1. The van der Waals surface area contributed by atoms with E-state index in [0.717, 1.165) is 6.54 Å². The minimum absolute atomic E-state index is 0.0171. The predicted molar refractivity (Wildman–Crippen MR) is 67.2 cm³/mol. The number of likely N-dealkylation sites (N-methyl/N-ethyl adjacent to an activating group) is 1. The van der Waals surface area contributed by atoms with E-state index in [-0.39, 0.29) is 5.41 Å². The van der Waals surface area contributed by atoms with Crippen molar-refractivity contribution < 1.29 is 9.90 Å². The molecular weight excluding hydrogens is 218 g/mol. The molecule has 5 nitrogen and oxygen atoms in total. The molecule has 0 aromatic carbocycles. The van der Waals surface area contributed by atoms with Gasteiger partial charge in [-0.1, -0.05) is 13.8 Å². The molecule has 0 aliphatic carbocycles. The number of carboxylic acids is 1. The van der Waals surface area contributed by atoms with E-state index in [0.29, 0.717) is 6.54 Å². The maximum absolute atomic E-state index is 10.8. The molecule has 0 amide bonds. The molecule has 1 aromatic heterocycles. The number of hydrogen-bond acceptors (Lipinski definition) is 3. The van der Waals surface area contributed by atoms with E-state index in [4.69, 9.17) is 5.11 Å². The van der Waals surface area contributed by atoms with Gasteiger partial charge in [-0.25, -0.2) is 0 Å². The number of nitrogens with one attached hydrogen (secondary N) is 3. The molecule has 0 spiro atoms. The summed E-state index contributed by atoms with van der Waals surface area (Å²) in [4.78, 5) is 13.8. The van der Waals surface area contributed by atoms with E-state index in [1.165, 1.54) is 5.56 Å². The fraction of sp³-hybridized carbons (Fsp3) is 0.583. The summed E-state index contributed by atoms with van der Waals surface area (Å²) < 4.78 is 0. The summed E-state index contributed by atoms with van der Waals surface area (Å²) in [6.45, 7) is 5.40. The van der Waals surface area contributed by atoms with Gasteiger partial charge in [0, 0.05) is 30.9 Å². The summed E-state index contributed by atoms with van der Waals surface area (Å²) in [6, 6.07) is 1.49. The molecule has 1 heterocycles. The van der Waals surface area contributed by atoms with E-state index in [1.54, 1.807) is 7.05 Å². The van der Waals surface area contributed by atoms with Crippen LogP contribution in [0.3, 0.4) is 0 Å². The van der Waals surface area contributed by atoms with E-state index < -0.39 is 12.0 Å². The monoisotopic (exact) mass is 239 g/mol. The lowest BCUT2D eigenvalue weighted by Crippen LogP contribution is -2.45. The first kappa shape index (κ1) is 13.7. The van der Waals surface area contributed by atoms with Crippen LogP contribution >= 0.6 is 0 Å². The summed E-state index contributed by atoms with van der Waals surface area (Å²) >= 11 is 0. The Labute approximate surface area is 102 Å². The Balaban J connectivity index is 2.43. The van der Waals surface area contributed by atoms with E-state index in [9.17, 15) is 4.79 Å². The average molecular weight is 239 g/mol. The molecule has 0 radical (unpaired) electrons. The normalized spacial score (nSPS) is 13.6. The van der Waals surface area contributed by atoms with Crippen LogP contribution < -0.4 is 10.6 Å². The smallest absolute Gasteiger partial charge is 0.322 e. The van der Waals surface area contributed by atoms with Gasteiger partial charge in [0.15, 0.2) is 0 Å².